The lowest BCUT2D eigenvalue weighted by atomic mass is 10.1. The molecule has 0 atom stereocenters. The van der Waals surface area contributed by atoms with Crippen LogP contribution in [0.4, 0.5) is 0 Å². The molecule has 0 aliphatic heterocycles. The molecule has 2 amide bonds. The molecule has 0 radical (unpaired) electrons. The molecular weight excluding hydrogens is 470 g/mol. The number of unbranched alkanes of at least 4 members (excludes halogenated alkanes) is 1. The zero-order valence-electron chi connectivity index (χ0n) is 21.9. The van der Waals surface area contributed by atoms with Crippen LogP contribution in [-0.4, -0.2) is 45.8 Å². The third-order valence-electron chi connectivity index (χ3n) is 6.28. The molecule has 0 spiro atoms. The van der Waals surface area contributed by atoms with Gasteiger partial charge in [0.25, 0.3) is 5.91 Å². The van der Waals surface area contributed by atoms with Crippen LogP contribution in [0, 0.1) is 12.8 Å². The molecule has 3 aromatic rings. The average Bonchev–Trinajstić information content (AvgIpc) is 3.28. The summed E-state index contributed by atoms with van der Waals surface area (Å²) in [6.07, 6.45) is 3.83. The van der Waals surface area contributed by atoms with Crippen molar-refractivity contribution in [1.29, 1.82) is 0 Å². The summed E-state index contributed by atoms with van der Waals surface area (Å²) < 4.78 is 2.13. The summed E-state index contributed by atoms with van der Waals surface area (Å²) in [5, 5.41) is 0.730. The molecule has 36 heavy (non-hydrogen) atoms. The van der Waals surface area contributed by atoms with Crippen molar-refractivity contribution in [1.82, 2.24) is 14.4 Å². The highest BCUT2D eigenvalue weighted by Gasteiger charge is 2.24. The second-order valence-electron chi connectivity index (χ2n) is 9.78. The van der Waals surface area contributed by atoms with Gasteiger partial charge in [-0.2, -0.15) is 0 Å². The Morgan fingerprint density at radius 1 is 0.972 bits per heavy atom. The van der Waals surface area contributed by atoms with Gasteiger partial charge in [0.2, 0.25) is 5.91 Å². The molecule has 1 heterocycles. The van der Waals surface area contributed by atoms with Crippen molar-refractivity contribution in [3.05, 3.63) is 94.3 Å². The lowest BCUT2D eigenvalue weighted by Gasteiger charge is -2.29. The van der Waals surface area contributed by atoms with Gasteiger partial charge in [-0.3, -0.25) is 9.59 Å². The maximum atomic E-state index is 13.6. The smallest absolute Gasteiger partial charge is 0.254 e. The third-order valence-corrected chi connectivity index (χ3v) is 6.65. The number of carbonyl (C=O) groups excluding carboxylic acids is 2. The van der Waals surface area contributed by atoms with Crippen LogP contribution in [0.5, 0.6) is 0 Å². The second kappa shape index (κ2) is 13.3. The third kappa shape index (κ3) is 7.47. The fourth-order valence-electron chi connectivity index (χ4n) is 4.30. The van der Waals surface area contributed by atoms with E-state index in [1.807, 2.05) is 78.7 Å². The Kier molecular flexibility index (Phi) is 10.2. The Bertz CT molecular complexity index is 1150. The highest BCUT2D eigenvalue weighted by Crippen LogP contribution is 2.19. The van der Waals surface area contributed by atoms with Crippen LogP contribution in [-0.2, 0) is 17.9 Å². The fourth-order valence-corrected chi connectivity index (χ4v) is 4.49. The van der Waals surface area contributed by atoms with Crippen molar-refractivity contribution in [2.45, 2.75) is 53.6 Å². The first-order chi connectivity index (χ1) is 17.3. The van der Waals surface area contributed by atoms with Gasteiger partial charge in [-0.25, -0.2) is 0 Å². The van der Waals surface area contributed by atoms with Crippen molar-refractivity contribution < 1.29 is 9.59 Å². The van der Waals surface area contributed by atoms with E-state index in [0.29, 0.717) is 37.7 Å². The van der Waals surface area contributed by atoms with Crippen molar-refractivity contribution in [3.8, 4) is 0 Å². The molecule has 0 fully saturated rings. The molecule has 2 aromatic carbocycles. The summed E-state index contributed by atoms with van der Waals surface area (Å²) in [5.41, 5.74) is 3.65. The van der Waals surface area contributed by atoms with Gasteiger partial charge in [0, 0.05) is 42.1 Å². The second-order valence-corrected chi connectivity index (χ2v) is 10.2. The molecular formula is C30H38ClN3O2. The zero-order valence-corrected chi connectivity index (χ0v) is 22.7. The minimum Gasteiger partial charge on any atom is -0.345 e. The zero-order chi connectivity index (χ0) is 26.1. The van der Waals surface area contributed by atoms with E-state index in [4.69, 9.17) is 11.6 Å². The van der Waals surface area contributed by atoms with E-state index < -0.39 is 0 Å². The Hall–Kier alpha value is -3.05. The number of nitrogens with zero attached hydrogens (tertiary/aromatic N) is 3. The monoisotopic (exact) mass is 507 g/mol. The van der Waals surface area contributed by atoms with Crippen LogP contribution in [0.1, 0.15) is 60.8 Å². The summed E-state index contributed by atoms with van der Waals surface area (Å²) in [5.74, 6) is 0.186. The SMILES string of the molecule is CCCCN(CC(=O)N(Cc1cccn1Cc1ccccc1Cl)CC(C)C)C(=O)c1ccccc1C. The maximum Gasteiger partial charge on any atom is 0.254 e. The van der Waals surface area contributed by atoms with Crippen LogP contribution in [0.15, 0.2) is 66.9 Å². The first kappa shape index (κ1) is 27.5. The topological polar surface area (TPSA) is 45.6 Å². The number of amides is 2. The van der Waals surface area contributed by atoms with Gasteiger partial charge in [-0.1, -0.05) is 75.2 Å². The van der Waals surface area contributed by atoms with Crippen molar-refractivity contribution in [3.63, 3.8) is 0 Å². The summed E-state index contributed by atoms with van der Waals surface area (Å²) in [6.45, 7) is 10.6. The first-order valence-corrected chi connectivity index (χ1v) is 13.2. The van der Waals surface area contributed by atoms with Gasteiger partial charge < -0.3 is 14.4 Å². The lowest BCUT2D eigenvalue weighted by Crippen LogP contribution is -2.44. The highest BCUT2D eigenvalue weighted by molar-refractivity contribution is 6.31. The van der Waals surface area contributed by atoms with Gasteiger partial charge in [-0.15, -0.1) is 0 Å². The number of hydrogen-bond donors (Lipinski definition) is 0. The van der Waals surface area contributed by atoms with Gasteiger partial charge in [0.15, 0.2) is 0 Å². The van der Waals surface area contributed by atoms with E-state index in [1.165, 1.54) is 0 Å². The normalized spacial score (nSPS) is 11.1. The molecule has 0 saturated carbocycles. The molecule has 6 heteroatoms. The molecule has 3 rings (SSSR count). The van der Waals surface area contributed by atoms with Crippen LogP contribution >= 0.6 is 11.6 Å². The maximum absolute atomic E-state index is 13.6. The fraction of sp³-hybridized carbons (Fsp3) is 0.400. The largest absolute Gasteiger partial charge is 0.345 e. The predicted molar refractivity (Wildman–Crippen MR) is 147 cm³/mol. The number of rotatable bonds is 12. The average molecular weight is 508 g/mol. The molecule has 0 aliphatic rings. The summed E-state index contributed by atoms with van der Waals surface area (Å²) in [4.78, 5) is 30.6. The number of aromatic nitrogens is 1. The molecule has 0 aliphatic carbocycles. The minimum absolute atomic E-state index is 0.0350. The first-order valence-electron chi connectivity index (χ1n) is 12.8. The van der Waals surface area contributed by atoms with Crippen molar-refractivity contribution in [2.75, 3.05) is 19.6 Å². The molecule has 5 nitrogen and oxygen atoms in total. The minimum atomic E-state index is -0.0820. The van der Waals surface area contributed by atoms with E-state index in [2.05, 4.69) is 25.3 Å². The molecule has 192 valence electrons. The summed E-state index contributed by atoms with van der Waals surface area (Å²) in [6, 6.07) is 19.4. The molecule has 0 N–H and O–H groups in total. The van der Waals surface area contributed by atoms with E-state index in [0.717, 1.165) is 34.7 Å². The Labute approximate surface area is 220 Å². The molecule has 0 unspecified atom stereocenters. The van der Waals surface area contributed by atoms with Crippen LogP contribution in [0.25, 0.3) is 0 Å². The molecule has 0 bridgehead atoms. The van der Waals surface area contributed by atoms with Gasteiger partial charge in [0.1, 0.15) is 6.54 Å². The van der Waals surface area contributed by atoms with Crippen LogP contribution in [0.2, 0.25) is 5.02 Å². The van der Waals surface area contributed by atoms with Crippen molar-refractivity contribution >= 4 is 23.4 Å². The van der Waals surface area contributed by atoms with Crippen LogP contribution < -0.4 is 0 Å². The Morgan fingerprint density at radius 3 is 2.39 bits per heavy atom. The standard InChI is InChI=1S/C30H38ClN3O2/c1-5-6-17-33(30(36)27-15-9-7-12-24(27)4)22-29(35)34(19-23(2)3)21-26-14-11-18-32(26)20-25-13-8-10-16-28(25)31/h7-16,18,23H,5-6,17,19-22H2,1-4H3. The molecule has 1 aromatic heterocycles. The lowest BCUT2D eigenvalue weighted by molar-refractivity contribution is -0.133. The van der Waals surface area contributed by atoms with E-state index in [1.54, 1.807) is 4.90 Å². The van der Waals surface area contributed by atoms with Gasteiger partial charge >= 0.3 is 0 Å². The molecule has 0 saturated heterocycles. The quantitative estimate of drug-likeness (QED) is 0.284. The highest BCUT2D eigenvalue weighted by atomic mass is 35.5. The number of halogens is 1. The Morgan fingerprint density at radius 2 is 1.69 bits per heavy atom. The van der Waals surface area contributed by atoms with Gasteiger partial charge in [0.05, 0.1) is 6.54 Å². The van der Waals surface area contributed by atoms with Crippen LogP contribution in [0.3, 0.4) is 0 Å². The van der Waals surface area contributed by atoms with E-state index in [9.17, 15) is 9.59 Å². The number of hydrogen-bond acceptors (Lipinski definition) is 2. The summed E-state index contributed by atoms with van der Waals surface area (Å²) >= 11 is 6.39. The summed E-state index contributed by atoms with van der Waals surface area (Å²) in [7, 11) is 0. The predicted octanol–water partition coefficient (Wildman–Crippen LogP) is 6.43. The number of aryl methyl sites for hydroxylation is 1. The van der Waals surface area contributed by atoms with E-state index >= 15 is 0 Å². The van der Waals surface area contributed by atoms with Gasteiger partial charge in [-0.05, 0) is 54.7 Å². The van der Waals surface area contributed by atoms with E-state index in [-0.39, 0.29) is 18.4 Å². The number of benzene rings is 2. The van der Waals surface area contributed by atoms with Crippen molar-refractivity contribution in [2.24, 2.45) is 5.92 Å². The number of carbonyl (C=O) groups is 2. The Balaban J connectivity index is 1.79.